The Balaban J connectivity index is 1.67. The molecule has 0 saturated heterocycles. The van der Waals surface area contributed by atoms with Crippen molar-refractivity contribution in [2.45, 2.75) is 17.6 Å². The van der Waals surface area contributed by atoms with Gasteiger partial charge in [-0.3, -0.25) is 9.59 Å². The number of carbonyl (C=O) groups is 2. The van der Waals surface area contributed by atoms with Crippen LogP contribution in [0.1, 0.15) is 12.5 Å². The van der Waals surface area contributed by atoms with Gasteiger partial charge in [0.15, 0.2) is 20.8 Å². The minimum Gasteiger partial charge on any atom is -0.454 e. The highest BCUT2D eigenvalue weighted by atomic mass is 32.2. The van der Waals surface area contributed by atoms with Gasteiger partial charge in [-0.05, 0) is 17.7 Å². The molecule has 132 valence electrons. The molecular formula is C14H13N3O6S2. The quantitative estimate of drug-likeness (QED) is 0.785. The van der Waals surface area contributed by atoms with E-state index >= 15 is 0 Å². The molecular weight excluding hydrogens is 370 g/mol. The Bertz CT molecular complexity index is 938. The van der Waals surface area contributed by atoms with Crippen LogP contribution in [-0.2, 0) is 26.0 Å². The predicted octanol–water partition coefficient (Wildman–Crippen LogP) is 0.878. The topological polar surface area (TPSA) is 124 Å². The Hall–Kier alpha value is -2.66. The smallest absolute Gasteiger partial charge is 0.275 e. The number of ether oxygens (including phenoxy) is 2. The van der Waals surface area contributed by atoms with Crippen molar-refractivity contribution in [1.29, 1.82) is 0 Å². The number of nitrogens with one attached hydrogen (secondary N) is 2. The molecule has 2 amide bonds. The van der Waals surface area contributed by atoms with Crippen LogP contribution in [0.25, 0.3) is 0 Å². The molecule has 0 radical (unpaired) electrons. The highest BCUT2D eigenvalue weighted by Crippen LogP contribution is 2.32. The average molecular weight is 383 g/mol. The first kappa shape index (κ1) is 17.2. The van der Waals surface area contributed by atoms with Crippen molar-refractivity contribution in [3.8, 4) is 11.5 Å². The van der Waals surface area contributed by atoms with Crippen LogP contribution in [-0.4, -0.2) is 32.0 Å². The molecule has 1 aliphatic rings. The van der Waals surface area contributed by atoms with E-state index in [-0.39, 0.29) is 28.5 Å². The van der Waals surface area contributed by atoms with E-state index in [1.165, 1.54) is 6.92 Å². The third-order valence-corrected chi connectivity index (χ3v) is 5.83. The maximum atomic E-state index is 12.2. The van der Waals surface area contributed by atoms with Gasteiger partial charge in [-0.2, -0.15) is 0 Å². The molecule has 1 aliphatic heterocycles. The number of hydrogen-bond acceptors (Lipinski definition) is 8. The van der Waals surface area contributed by atoms with Gasteiger partial charge in [-0.1, -0.05) is 17.4 Å². The second-order valence-corrected chi connectivity index (χ2v) is 8.00. The summed E-state index contributed by atoms with van der Waals surface area (Å²) in [7, 11) is -4.06. The number of fused-ring (bicyclic) bond motifs is 1. The lowest BCUT2D eigenvalue weighted by Crippen LogP contribution is -2.31. The molecule has 2 aromatic rings. The minimum absolute atomic E-state index is 0.112. The van der Waals surface area contributed by atoms with Crippen LogP contribution in [0, 0.1) is 0 Å². The largest absolute Gasteiger partial charge is 0.454 e. The lowest BCUT2D eigenvalue weighted by molar-refractivity contribution is -0.118. The molecule has 0 unspecified atom stereocenters. The zero-order valence-corrected chi connectivity index (χ0v) is 14.6. The molecule has 0 saturated carbocycles. The van der Waals surface area contributed by atoms with E-state index in [0.717, 1.165) is 17.5 Å². The molecule has 11 heteroatoms. The molecule has 1 aromatic carbocycles. The molecule has 0 bridgehead atoms. The fraction of sp³-hybridized carbons (Fsp3) is 0.214. The summed E-state index contributed by atoms with van der Waals surface area (Å²) in [5.74, 6) is 0.0148. The van der Waals surface area contributed by atoms with Crippen LogP contribution in [0.4, 0.5) is 5.13 Å². The van der Waals surface area contributed by atoms with Crippen molar-refractivity contribution in [2.75, 3.05) is 12.1 Å². The van der Waals surface area contributed by atoms with Crippen LogP contribution in [0.2, 0.25) is 0 Å². The molecule has 2 N–H and O–H groups in total. The first-order chi connectivity index (χ1) is 11.8. The van der Waals surface area contributed by atoms with E-state index in [0.29, 0.717) is 17.1 Å². The summed E-state index contributed by atoms with van der Waals surface area (Å²) >= 11 is 0.750. The second-order valence-electron chi connectivity index (χ2n) is 5.06. The zero-order chi connectivity index (χ0) is 18.0. The standard InChI is InChI=1S/C14H13N3O6S2/c1-8(18)16-14-15-6-13(24-14)25(20,21)17-12(19)5-9-2-3-10-11(4-9)23-7-22-10/h2-4,6H,5,7H2,1H3,(H,17,19)(H,15,16,18). The second kappa shape index (κ2) is 6.69. The van der Waals surface area contributed by atoms with Gasteiger partial charge in [0, 0.05) is 6.92 Å². The molecule has 2 heterocycles. The van der Waals surface area contributed by atoms with E-state index in [1.54, 1.807) is 18.2 Å². The number of carbonyl (C=O) groups excluding carboxylic acids is 2. The molecule has 0 atom stereocenters. The summed E-state index contributed by atoms with van der Waals surface area (Å²) in [6.45, 7) is 1.39. The number of benzene rings is 1. The van der Waals surface area contributed by atoms with Gasteiger partial charge in [0.25, 0.3) is 10.0 Å². The van der Waals surface area contributed by atoms with Crippen LogP contribution in [0.5, 0.6) is 11.5 Å². The van der Waals surface area contributed by atoms with Crippen molar-refractivity contribution in [3.05, 3.63) is 30.0 Å². The number of nitrogens with zero attached hydrogens (tertiary/aromatic N) is 1. The molecule has 1 aromatic heterocycles. The minimum atomic E-state index is -4.06. The lowest BCUT2D eigenvalue weighted by atomic mass is 10.1. The van der Waals surface area contributed by atoms with Gasteiger partial charge < -0.3 is 14.8 Å². The van der Waals surface area contributed by atoms with E-state index in [9.17, 15) is 18.0 Å². The fourth-order valence-electron chi connectivity index (χ4n) is 2.06. The van der Waals surface area contributed by atoms with Gasteiger partial charge in [-0.15, -0.1) is 0 Å². The Morgan fingerprint density at radius 1 is 1.28 bits per heavy atom. The third kappa shape index (κ3) is 4.06. The van der Waals surface area contributed by atoms with Crippen molar-refractivity contribution in [1.82, 2.24) is 9.71 Å². The predicted molar refractivity (Wildman–Crippen MR) is 88.0 cm³/mol. The molecule has 25 heavy (non-hydrogen) atoms. The number of aromatic nitrogens is 1. The molecule has 0 aliphatic carbocycles. The summed E-state index contributed by atoms with van der Waals surface area (Å²) in [6.07, 6.45) is 0.930. The van der Waals surface area contributed by atoms with Crippen molar-refractivity contribution in [2.24, 2.45) is 0 Å². The SMILES string of the molecule is CC(=O)Nc1ncc(S(=O)(=O)NC(=O)Cc2ccc3c(c2)OCO3)s1. The Morgan fingerprint density at radius 2 is 2.04 bits per heavy atom. The van der Waals surface area contributed by atoms with Crippen LogP contribution in [0.15, 0.2) is 28.6 Å². The summed E-state index contributed by atoms with van der Waals surface area (Å²) < 4.78 is 36.6. The van der Waals surface area contributed by atoms with Gasteiger partial charge in [-0.25, -0.2) is 18.1 Å². The van der Waals surface area contributed by atoms with Crippen molar-refractivity contribution >= 4 is 38.3 Å². The van der Waals surface area contributed by atoms with Crippen LogP contribution in [0.3, 0.4) is 0 Å². The van der Waals surface area contributed by atoms with E-state index in [2.05, 4.69) is 10.3 Å². The number of sulfonamides is 1. The van der Waals surface area contributed by atoms with Gasteiger partial charge in [0.05, 0.1) is 12.6 Å². The van der Waals surface area contributed by atoms with Gasteiger partial charge in [0.1, 0.15) is 0 Å². The number of hydrogen-bond donors (Lipinski definition) is 2. The first-order valence-corrected chi connectivity index (χ1v) is 9.31. The zero-order valence-electron chi connectivity index (χ0n) is 12.9. The maximum Gasteiger partial charge on any atom is 0.275 e. The van der Waals surface area contributed by atoms with Crippen LogP contribution >= 0.6 is 11.3 Å². The summed E-state index contributed by atoms with van der Waals surface area (Å²) in [5, 5.41) is 2.52. The number of rotatable bonds is 5. The molecule has 3 rings (SSSR count). The number of thiazole rings is 1. The Labute approximate surface area is 147 Å². The van der Waals surface area contributed by atoms with Crippen molar-refractivity contribution < 1.29 is 27.5 Å². The Kier molecular flexibility index (Phi) is 4.59. The van der Waals surface area contributed by atoms with E-state index in [1.807, 2.05) is 4.72 Å². The maximum absolute atomic E-state index is 12.2. The van der Waals surface area contributed by atoms with Gasteiger partial charge >= 0.3 is 0 Å². The average Bonchev–Trinajstić information content (AvgIpc) is 3.14. The van der Waals surface area contributed by atoms with Crippen LogP contribution < -0.4 is 19.5 Å². The summed E-state index contributed by atoms with van der Waals surface area (Å²) in [6, 6.07) is 4.93. The molecule has 0 spiro atoms. The van der Waals surface area contributed by atoms with E-state index in [4.69, 9.17) is 9.47 Å². The highest BCUT2D eigenvalue weighted by Gasteiger charge is 2.22. The Morgan fingerprint density at radius 3 is 2.80 bits per heavy atom. The first-order valence-electron chi connectivity index (χ1n) is 7.01. The molecule has 9 nitrogen and oxygen atoms in total. The van der Waals surface area contributed by atoms with Crippen molar-refractivity contribution in [3.63, 3.8) is 0 Å². The van der Waals surface area contributed by atoms with Gasteiger partial charge in [0.2, 0.25) is 18.6 Å². The van der Waals surface area contributed by atoms with E-state index < -0.39 is 15.9 Å². The number of amides is 2. The summed E-state index contributed by atoms with van der Waals surface area (Å²) in [4.78, 5) is 26.8. The highest BCUT2D eigenvalue weighted by molar-refractivity contribution is 7.92. The normalized spacial score (nSPS) is 12.7. The summed E-state index contributed by atoms with van der Waals surface area (Å²) in [5.41, 5.74) is 0.584. The number of anilines is 1. The lowest BCUT2D eigenvalue weighted by Gasteiger charge is -2.05. The molecule has 0 fully saturated rings. The third-order valence-electron chi connectivity index (χ3n) is 3.08. The monoisotopic (exact) mass is 383 g/mol. The fourth-order valence-corrected chi connectivity index (χ4v) is 4.13.